The average molecular weight is 417 g/mol. The van der Waals surface area contributed by atoms with E-state index >= 15 is 0 Å². The zero-order valence-electron chi connectivity index (χ0n) is 14.6. The van der Waals surface area contributed by atoms with Crippen molar-refractivity contribution in [2.75, 3.05) is 26.3 Å². The van der Waals surface area contributed by atoms with Crippen molar-refractivity contribution in [1.82, 2.24) is 10.0 Å². The highest BCUT2D eigenvalue weighted by atomic mass is 32.2. The van der Waals surface area contributed by atoms with Crippen molar-refractivity contribution in [2.24, 2.45) is 0 Å². The zero-order valence-corrected chi connectivity index (χ0v) is 16.2. The van der Waals surface area contributed by atoms with Gasteiger partial charge in [-0.3, -0.25) is 14.9 Å². The lowest BCUT2D eigenvalue weighted by Gasteiger charge is -2.33. The van der Waals surface area contributed by atoms with E-state index in [0.29, 0.717) is 52.6 Å². The predicted molar refractivity (Wildman–Crippen MR) is 108 cm³/mol. The van der Waals surface area contributed by atoms with E-state index in [1.807, 2.05) is 5.01 Å². The molecular weight excluding hydrogens is 402 g/mol. The lowest BCUT2D eigenvalue weighted by molar-refractivity contribution is -0.384. The van der Waals surface area contributed by atoms with E-state index in [9.17, 15) is 14.9 Å². The number of nitrogens with zero attached hydrogens (tertiary/aromatic N) is 3. The number of carbonyl (C=O) groups is 1. The van der Waals surface area contributed by atoms with Gasteiger partial charge < -0.3 is 9.15 Å². The number of carbonyl (C=O) groups excluding carboxylic acids is 1. The van der Waals surface area contributed by atoms with Crippen LogP contribution in [0.25, 0.3) is 17.4 Å². The highest BCUT2D eigenvalue weighted by Gasteiger charge is 2.37. The maximum Gasteiger partial charge on any atom is 0.281 e. The Bertz CT molecular complexity index is 964. The molecule has 0 saturated carbocycles. The highest BCUT2D eigenvalue weighted by molar-refractivity contribution is 8.26. The number of ether oxygens (including phenoxy) is 1. The van der Waals surface area contributed by atoms with Gasteiger partial charge in [0.2, 0.25) is 0 Å². The number of furan rings is 1. The first-order chi connectivity index (χ1) is 13.5. The molecule has 0 spiro atoms. The molecule has 8 nitrogen and oxygen atoms in total. The molecule has 2 aromatic rings. The second-order valence-electron chi connectivity index (χ2n) is 6.07. The van der Waals surface area contributed by atoms with E-state index in [2.05, 4.69) is 0 Å². The second kappa shape index (κ2) is 7.84. The van der Waals surface area contributed by atoms with Gasteiger partial charge in [0, 0.05) is 36.9 Å². The summed E-state index contributed by atoms with van der Waals surface area (Å²) in [4.78, 5) is 23.6. The van der Waals surface area contributed by atoms with Crippen LogP contribution in [0.15, 0.2) is 45.7 Å². The van der Waals surface area contributed by atoms with E-state index in [4.69, 9.17) is 21.4 Å². The molecule has 2 fully saturated rings. The molecule has 28 heavy (non-hydrogen) atoms. The molecule has 1 aromatic carbocycles. The largest absolute Gasteiger partial charge is 0.457 e. The van der Waals surface area contributed by atoms with Gasteiger partial charge in [-0.05, 0) is 24.3 Å². The number of benzene rings is 1. The van der Waals surface area contributed by atoms with Crippen LogP contribution >= 0.6 is 24.0 Å². The summed E-state index contributed by atoms with van der Waals surface area (Å²) in [6.07, 6.45) is 1.66. The minimum atomic E-state index is -0.451. The predicted octanol–water partition coefficient (Wildman–Crippen LogP) is 3.30. The van der Waals surface area contributed by atoms with Crippen LogP contribution < -0.4 is 0 Å². The monoisotopic (exact) mass is 417 g/mol. The Hall–Kier alpha value is -2.53. The van der Waals surface area contributed by atoms with Crippen molar-refractivity contribution in [3.05, 3.63) is 57.2 Å². The molecule has 0 N–H and O–H groups in total. The highest BCUT2D eigenvalue weighted by Crippen LogP contribution is 2.35. The van der Waals surface area contributed by atoms with E-state index in [0.717, 1.165) is 0 Å². The average Bonchev–Trinajstić information content (AvgIpc) is 3.27. The van der Waals surface area contributed by atoms with Gasteiger partial charge in [-0.1, -0.05) is 24.0 Å². The second-order valence-corrected chi connectivity index (χ2v) is 7.74. The van der Waals surface area contributed by atoms with Crippen molar-refractivity contribution < 1.29 is 18.9 Å². The van der Waals surface area contributed by atoms with Crippen molar-refractivity contribution in [1.29, 1.82) is 0 Å². The molecule has 4 rings (SSSR count). The SMILES string of the molecule is O=C1/C(=C/c2ccc(-c3ccc([N+](=O)[O-])cc3)o2)SC(=S)N1N1CCOCC1. The molecule has 0 radical (unpaired) electrons. The first-order valence-electron chi connectivity index (χ1n) is 8.48. The van der Waals surface area contributed by atoms with Gasteiger partial charge in [0.05, 0.1) is 23.0 Å². The van der Waals surface area contributed by atoms with Gasteiger partial charge in [0.1, 0.15) is 11.5 Å². The van der Waals surface area contributed by atoms with Gasteiger partial charge in [-0.25, -0.2) is 10.0 Å². The topological polar surface area (TPSA) is 89.1 Å². The number of hydrogen-bond acceptors (Lipinski definition) is 8. The number of non-ortho nitro benzene ring substituents is 1. The van der Waals surface area contributed by atoms with Crippen LogP contribution in [0.4, 0.5) is 5.69 Å². The fourth-order valence-electron chi connectivity index (χ4n) is 2.92. The molecule has 1 aromatic heterocycles. The van der Waals surface area contributed by atoms with Crippen LogP contribution in [0.3, 0.4) is 0 Å². The van der Waals surface area contributed by atoms with Crippen molar-refractivity contribution >= 4 is 46.0 Å². The lowest BCUT2D eigenvalue weighted by atomic mass is 10.1. The summed E-state index contributed by atoms with van der Waals surface area (Å²) in [5.74, 6) is 0.894. The van der Waals surface area contributed by atoms with Gasteiger partial charge >= 0.3 is 0 Å². The maximum atomic E-state index is 12.8. The number of hydrazine groups is 1. The molecule has 0 aliphatic carbocycles. The maximum absolute atomic E-state index is 12.8. The summed E-state index contributed by atoms with van der Waals surface area (Å²) in [5.41, 5.74) is 0.730. The number of amides is 1. The minimum absolute atomic E-state index is 0.0160. The lowest BCUT2D eigenvalue weighted by Crippen LogP contribution is -2.50. The minimum Gasteiger partial charge on any atom is -0.457 e. The Morgan fingerprint density at radius 3 is 2.54 bits per heavy atom. The van der Waals surface area contributed by atoms with E-state index in [-0.39, 0.29) is 11.6 Å². The van der Waals surface area contributed by atoms with Gasteiger partial charge in [-0.15, -0.1) is 0 Å². The molecule has 0 unspecified atom stereocenters. The number of nitro benzene ring substituents is 1. The van der Waals surface area contributed by atoms with E-state index in [1.54, 1.807) is 30.3 Å². The van der Waals surface area contributed by atoms with Crippen LogP contribution in [-0.4, -0.2) is 51.5 Å². The van der Waals surface area contributed by atoms with Gasteiger partial charge in [0.15, 0.2) is 4.32 Å². The first-order valence-corrected chi connectivity index (χ1v) is 9.70. The summed E-state index contributed by atoms with van der Waals surface area (Å²) in [6, 6.07) is 9.60. The Kier molecular flexibility index (Phi) is 5.27. The van der Waals surface area contributed by atoms with Gasteiger partial charge in [-0.2, -0.15) is 0 Å². The van der Waals surface area contributed by atoms with Crippen LogP contribution in [0.1, 0.15) is 5.76 Å². The van der Waals surface area contributed by atoms with Crippen LogP contribution in [0.2, 0.25) is 0 Å². The van der Waals surface area contributed by atoms with Crippen molar-refractivity contribution in [2.45, 2.75) is 0 Å². The Morgan fingerprint density at radius 2 is 1.86 bits per heavy atom. The van der Waals surface area contributed by atoms with Crippen LogP contribution in [-0.2, 0) is 9.53 Å². The summed E-state index contributed by atoms with van der Waals surface area (Å²) < 4.78 is 11.6. The fraction of sp³-hybridized carbons (Fsp3) is 0.222. The smallest absolute Gasteiger partial charge is 0.281 e. The molecule has 3 heterocycles. The molecular formula is C18H15N3O5S2. The summed E-state index contributed by atoms with van der Waals surface area (Å²) >= 11 is 6.60. The van der Waals surface area contributed by atoms with Crippen LogP contribution in [0.5, 0.6) is 0 Å². The quantitative estimate of drug-likeness (QED) is 0.324. The summed E-state index contributed by atoms with van der Waals surface area (Å²) in [7, 11) is 0. The van der Waals surface area contributed by atoms with E-state index < -0.39 is 4.92 Å². The number of thiocarbonyl (C=S) groups is 1. The third kappa shape index (κ3) is 3.72. The molecule has 10 heteroatoms. The summed E-state index contributed by atoms with van der Waals surface area (Å²) in [5, 5.41) is 14.2. The number of nitro groups is 1. The zero-order chi connectivity index (χ0) is 19.7. The summed E-state index contributed by atoms with van der Waals surface area (Å²) in [6.45, 7) is 2.36. The molecule has 0 atom stereocenters. The molecule has 2 aliphatic rings. The normalized spacial score (nSPS) is 19.6. The van der Waals surface area contributed by atoms with Crippen LogP contribution in [0, 0.1) is 10.1 Å². The standard InChI is InChI=1S/C18H15N3O5S2/c22-17-16(28-18(27)20(17)19-7-9-25-10-8-19)11-14-5-6-15(26-14)12-1-3-13(4-2-12)21(23)24/h1-6,11H,7-10H2/b16-11-. The van der Waals surface area contributed by atoms with E-state index in [1.165, 1.54) is 28.9 Å². The first kappa shape index (κ1) is 18.8. The van der Waals surface area contributed by atoms with Crippen molar-refractivity contribution in [3.63, 3.8) is 0 Å². The Labute approximate surface area is 169 Å². The molecule has 2 saturated heterocycles. The Balaban J connectivity index is 1.52. The number of morpholine rings is 1. The van der Waals surface area contributed by atoms with Gasteiger partial charge in [0.25, 0.3) is 11.6 Å². The Morgan fingerprint density at radius 1 is 1.14 bits per heavy atom. The molecule has 0 bridgehead atoms. The number of rotatable bonds is 4. The van der Waals surface area contributed by atoms with Crippen molar-refractivity contribution in [3.8, 4) is 11.3 Å². The fourth-order valence-corrected chi connectivity index (χ4v) is 4.21. The molecule has 2 aliphatic heterocycles. The molecule has 144 valence electrons. The number of hydrogen-bond donors (Lipinski definition) is 0. The number of thioether (sulfide) groups is 1. The third-order valence-electron chi connectivity index (χ3n) is 4.31. The molecule has 1 amide bonds. The third-order valence-corrected chi connectivity index (χ3v) is 5.59.